The van der Waals surface area contributed by atoms with E-state index in [0.29, 0.717) is 0 Å². The van der Waals surface area contributed by atoms with Gasteiger partial charge in [0.1, 0.15) is 0 Å². The molecule has 0 saturated carbocycles. The first-order chi connectivity index (χ1) is 1.73. The molecule has 0 aliphatic rings. The summed E-state index contributed by atoms with van der Waals surface area (Å²) < 4.78 is 0. The van der Waals surface area contributed by atoms with Crippen molar-refractivity contribution < 1.29 is 84.6 Å². The zero-order valence-corrected chi connectivity index (χ0v) is 12.2. The van der Waals surface area contributed by atoms with Crippen LogP contribution in [0.25, 0.3) is 0 Å². The molecule has 0 atom stereocenters. The summed E-state index contributed by atoms with van der Waals surface area (Å²) in [5.41, 5.74) is 0. The third-order valence-electron chi connectivity index (χ3n) is 0. The van der Waals surface area contributed by atoms with Crippen LogP contribution in [0, 0.1) is 40.8 Å². The Morgan fingerprint density at radius 3 is 1.14 bits per heavy atom. The third kappa shape index (κ3) is 42.4. The molecule has 0 aliphatic carbocycles. The second-order valence-electron chi connectivity index (χ2n) is 0.346. The molecule has 3 N–H and O–H groups in total. The topological polar surface area (TPSA) is 60.7 Å². The van der Waals surface area contributed by atoms with Crippen molar-refractivity contribution >= 4 is 52.8 Å². The van der Waals surface area contributed by atoms with Gasteiger partial charge in [-0.1, -0.05) is 0 Å². The van der Waals surface area contributed by atoms with Crippen LogP contribution in [0.1, 0.15) is 2.85 Å². The molecule has 3 nitrogen and oxygen atoms in total. The Balaban J connectivity index is -0.00000000450. The normalized spacial score (nSPS) is 3.86. The molecule has 0 aromatic rings. The predicted octanol–water partition coefficient (Wildman–Crippen LogP) is -2.21. The van der Waals surface area contributed by atoms with E-state index in [1.54, 1.807) is 0 Å². The Kier molecular flexibility index (Phi) is 52.3. The fourth-order valence-electron chi connectivity index (χ4n) is 0. The number of hydrogen-bond donors (Lipinski definition) is 3. The van der Waals surface area contributed by atoms with Crippen LogP contribution in [0.2, 0.25) is 0 Å². The molecule has 0 aliphatic heterocycles. The van der Waals surface area contributed by atoms with Gasteiger partial charge in [-0.15, -0.1) is 0 Å². The summed E-state index contributed by atoms with van der Waals surface area (Å²) in [6.45, 7) is 0. The minimum Gasteiger partial charge on any atom is -1.00 e. The monoisotopic (exact) mass is 339 g/mol. The molecule has 0 aromatic heterocycles. The Labute approximate surface area is 134 Å². The predicted molar refractivity (Wildman–Crippen MR) is 20.4 cm³/mol. The average Bonchev–Trinajstić information content (AvgIpc) is 0.811. The maximum atomic E-state index is 7.17. The van der Waals surface area contributed by atoms with Crippen LogP contribution >= 0.6 is 0 Å². The van der Waals surface area contributed by atoms with Crippen molar-refractivity contribution in [3.8, 4) is 0 Å². The maximum absolute atomic E-state index is 7.17. The van der Waals surface area contributed by atoms with Crippen molar-refractivity contribution in [2.45, 2.75) is 0 Å². The van der Waals surface area contributed by atoms with Crippen LogP contribution in [0.4, 0.5) is 0 Å². The van der Waals surface area contributed by atoms with Crippen molar-refractivity contribution in [3.05, 3.63) is 0 Å². The second-order valence-corrected chi connectivity index (χ2v) is 0.346. The fourth-order valence-corrected chi connectivity index (χ4v) is 0. The molecular weight excluding hydrogens is 336 g/mol. The van der Waals surface area contributed by atoms with Crippen molar-refractivity contribution in [1.29, 1.82) is 0 Å². The third-order valence-corrected chi connectivity index (χ3v) is 0. The number of hydrogen-bond acceptors (Lipinski definition) is 3. The minimum absolute atomic E-state index is 0. The van der Waals surface area contributed by atoms with E-state index < -0.39 is 7.32 Å². The van der Waals surface area contributed by atoms with Gasteiger partial charge >= 0.3 is 52.8 Å². The van der Waals surface area contributed by atoms with E-state index in [1.165, 1.54) is 0 Å². The minimum atomic E-state index is -2.17. The SMILES string of the molecule is OB(O)O.[H-].[H-].[Nd].[Sc].[Sr+2]. The first-order valence-corrected chi connectivity index (χ1v) is 0.775. The fraction of sp³-hybridized carbons (Fsp3) is 0. The Morgan fingerprint density at radius 2 is 1.14 bits per heavy atom. The Morgan fingerprint density at radius 1 is 1.14 bits per heavy atom. The summed E-state index contributed by atoms with van der Waals surface area (Å²) in [6.07, 6.45) is 0. The molecule has 0 rings (SSSR count). The summed E-state index contributed by atoms with van der Waals surface area (Å²) in [4.78, 5) is 0. The van der Waals surface area contributed by atoms with Gasteiger partial charge < -0.3 is 17.9 Å². The van der Waals surface area contributed by atoms with Gasteiger partial charge in [-0.25, -0.2) is 0 Å². The van der Waals surface area contributed by atoms with E-state index in [0.717, 1.165) is 0 Å². The maximum Gasteiger partial charge on any atom is 2.00 e. The van der Waals surface area contributed by atoms with Crippen LogP contribution in [-0.4, -0.2) is 67.9 Å². The van der Waals surface area contributed by atoms with E-state index in [1.807, 2.05) is 0 Å². The van der Waals surface area contributed by atoms with Crippen LogP contribution in [0.5, 0.6) is 0 Å². The summed E-state index contributed by atoms with van der Waals surface area (Å²) in [5, 5.41) is 21.5. The quantitative estimate of drug-likeness (QED) is 0.438. The van der Waals surface area contributed by atoms with Gasteiger partial charge in [0, 0.05) is 66.7 Å². The molecule has 0 aromatic carbocycles. The molecule has 0 spiro atoms. The molecule has 0 heterocycles. The molecule has 7 heteroatoms. The Hall–Kier alpha value is 3.65. The first-order valence-electron chi connectivity index (χ1n) is 0.775. The molecule has 0 bridgehead atoms. The summed E-state index contributed by atoms with van der Waals surface area (Å²) >= 11 is 0. The first kappa shape index (κ1) is 22.4. The molecule has 35 valence electrons. The van der Waals surface area contributed by atoms with Gasteiger partial charge in [-0.05, 0) is 0 Å². The molecule has 0 amide bonds. The van der Waals surface area contributed by atoms with E-state index in [4.69, 9.17) is 15.1 Å². The van der Waals surface area contributed by atoms with Crippen LogP contribution in [-0.2, 0) is 25.8 Å². The van der Waals surface area contributed by atoms with E-state index in [9.17, 15) is 0 Å². The molecule has 0 fully saturated rings. The average molecular weight is 341 g/mol. The molecule has 1 radical (unpaired) electrons. The van der Waals surface area contributed by atoms with Crippen LogP contribution in [0.15, 0.2) is 0 Å². The van der Waals surface area contributed by atoms with Crippen molar-refractivity contribution in [2.24, 2.45) is 0 Å². The van der Waals surface area contributed by atoms with Gasteiger partial charge in [0.05, 0.1) is 0 Å². The van der Waals surface area contributed by atoms with E-state index >= 15 is 0 Å². The molecular formula is H5BNdO3ScSr. The van der Waals surface area contributed by atoms with Crippen molar-refractivity contribution in [2.75, 3.05) is 0 Å². The summed E-state index contributed by atoms with van der Waals surface area (Å²) in [6, 6.07) is 0. The van der Waals surface area contributed by atoms with Crippen LogP contribution in [0.3, 0.4) is 0 Å². The van der Waals surface area contributed by atoms with Gasteiger partial charge in [-0.3, -0.25) is 0 Å². The van der Waals surface area contributed by atoms with Gasteiger partial charge in [0.15, 0.2) is 0 Å². The van der Waals surface area contributed by atoms with Gasteiger partial charge in [0.25, 0.3) is 0 Å². The van der Waals surface area contributed by atoms with E-state index in [2.05, 4.69) is 0 Å². The second kappa shape index (κ2) is 16.3. The van der Waals surface area contributed by atoms with Crippen molar-refractivity contribution in [3.63, 3.8) is 0 Å². The molecule has 0 saturated heterocycles. The van der Waals surface area contributed by atoms with E-state index in [-0.39, 0.29) is 115 Å². The van der Waals surface area contributed by atoms with Crippen LogP contribution < -0.4 is 0 Å². The summed E-state index contributed by atoms with van der Waals surface area (Å²) in [5.74, 6) is 0. The van der Waals surface area contributed by atoms with Crippen molar-refractivity contribution in [1.82, 2.24) is 0 Å². The molecule has 7 heavy (non-hydrogen) atoms. The summed E-state index contributed by atoms with van der Waals surface area (Å²) in [7, 11) is -2.17. The number of rotatable bonds is 0. The van der Waals surface area contributed by atoms with Gasteiger partial charge in [0.2, 0.25) is 0 Å². The zero-order chi connectivity index (χ0) is 3.58. The molecule has 0 unspecified atom stereocenters. The zero-order valence-electron chi connectivity index (χ0n) is 5.70. The Bertz CT molecular complexity index is 26.5. The largest absolute Gasteiger partial charge is 2.00 e. The standard InChI is InChI=1S/BH3O3.Nd.Sc.Sr.2H/c2-1(3)4;;;;;/h2-4H;;;;;/q;;;+2;2*-1. The smallest absolute Gasteiger partial charge is 1.00 e. The van der Waals surface area contributed by atoms with Gasteiger partial charge in [-0.2, -0.15) is 0 Å².